The topological polar surface area (TPSA) is 93.5 Å². The SMILES string of the molecule is COC(=O)c1cc2occc2nc1C1NC(=O)C(C)(C(C)C)N1. The van der Waals surface area contributed by atoms with Crippen molar-refractivity contribution < 1.29 is 18.7 Å². The zero-order valence-corrected chi connectivity index (χ0v) is 13.5. The van der Waals surface area contributed by atoms with Crippen LogP contribution in [0.3, 0.4) is 0 Å². The van der Waals surface area contributed by atoms with Crippen LogP contribution in [0, 0.1) is 5.92 Å². The van der Waals surface area contributed by atoms with Gasteiger partial charge in [0.15, 0.2) is 5.58 Å². The molecular weight excluding hydrogens is 298 g/mol. The molecule has 0 radical (unpaired) electrons. The fraction of sp³-hybridized carbons (Fsp3) is 0.438. The van der Waals surface area contributed by atoms with Crippen molar-refractivity contribution >= 4 is 23.0 Å². The molecule has 0 saturated carbocycles. The van der Waals surface area contributed by atoms with Crippen molar-refractivity contribution in [3.8, 4) is 0 Å². The average molecular weight is 317 g/mol. The first-order chi connectivity index (χ1) is 10.9. The highest BCUT2D eigenvalue weighted by atomic mass is 16.5. The maximum atomic E-state index is 12.3. The van der Waals surface area contributed by atoms with E-state index in [9.17, 15) is 9.59 Å². The van der Waals surface area contributed by atoms with Crippen LogP contribution in [0.1, 0.15) is 43.0 Å². The molecule has 1 saturated heterocycles. The highest BCUT2D eigenvalue weighted by Crippen LogP contribution is 2.30. The molecule has 2 unspecified atom stereocenters. The lowest BCUT2D eigenvalue weighted by Gasteiger charge is -2.26. The number of pyridine rings is 1. The minimum absolute atomic E-state index is 0.0757. The van der Waals surface area contributed by atoms with E-state index in [0.717, 1.165) is 0 Å². The number of amides is 1. The van der Waals surface area contributed by atoms with Crippen LogP contribution in [-0.2, 0) is 9.53 Å². The van der Waals surface area contributed by atoms with Gasteiger partial charge in [0.25, 0.3) is 0 Å². The molecule has 2 atom stereocenters. The Hall–Kier alpha value is -2.41. The number of aromatic nitrogens is 1. The Labute approximate surface area is 133 Å². The molecule has 2 N–H and O–H groups in total. The third-order valence-electron chi connectivity index (χ3n) is 4.49. The van der Waals surface area contributed by atoms with Gasteiger partial charge in [0.05, 0.1) is 30.2 Å². The number of carbonyl (C=O) groups is 2. The first kappa shape index (κ1) is 15.5. The molecule has 7 nitrogen and oxygen atoms in total. The quantitative estimate of drug-likeness (QED) is 0.838. The molecule has 7 heteroatoms. The lowest BCUT2D eigenvalue weighted by Crippen LogP contribution is -2.48. The summed E-state index contributed by atoms with van der Waals surface area (Å²) in [5, 5.41) is 6.11. The Bertz CT molecular complexity index is 783. The molecular formula is C16H19N3O4. The van der Waals surface area contributed by atoms with Crippen LogP contribution in [0.2, 0.25) is 0 Å². The van der Waals surface area contributed by atoms with Crippen molar-refractivity contribution in [1.82, 2.24) is 15.6 Å². The summed E-state index contributed by atoms with van der Waals surface area (Å²) in [6.07, 6.45) is 0.935. The Morgan fingerprint density at radius 3 is 2.83 bits per heavy atom. The first-order valence-corrected chi connectivity index (χ1v) is 7.42. The zero-order chi connectivity index (χ0) is 16.8. The number of fused-ring (bicyclic) bond motifs is 1. The first-order valence-electron chi connectivity index (χ1n) is 7.42. The molecule has 2 aromatic heterocycles. The van der Waals surface area contributed by atoms with E-state index in [0.29, 0.717) is 16.8 Å². The summed E-state index contributed by atoms with van der Waals surface area (Å²) >= 11 is 0. The molecule has 3 heterocycles. The van der Waals surface area contributed by atoms with Crippen LogP contribution in [0.25, 0.3) is 11.1 Å². The van der Waals surface area contributed by atoms with Gasteiger partial charge in [-0.05, 0) is 18.9 Å². The molecule has 122 valence electrons. The number of methoxy groups -OCH3 is 1. The minimum atomic E-state index is -0.731. The molecule has 1 aliphatic rings. The van der Waals surface area contributed by atoms with E-state index in [4.69, 9.17) is 9.15 Å². The second kappa shape index (κ2) is 5.34. The van der Waals surface area contributed by atoms with Crippen molar-refractivity contribution in [3.63, 3.8) is 0 Å². The van der Waals surface area contributed by atoms with E-state index in [1.54, 1.807) is 12.1 Å². The molecule has 2 aromatic rings. The van der Waals surface area contributed by atoms with Gasteiger partial charge in [0.2, 0.25) is 5.91 Å². The van der Waals surface area contributed by atoms with Crippen molar-refractivity contribution in [1.29, 1.82) is 0 Å². The standard InChI is InChI=1S/C16H19N3O4/c1-8(2)16(3)15(21)18-13(19-16)12-9(14(20)22-4)7-11-10(17-12)5-6-23-11/h5-8,13,19H,1-4H3,(H,18,21). The number of rotatable bonds is 3. The van der Waals surface area contributed by atoms with Crippen LogP contribution in [0.5, 0.6) is 0 Å². The van der Waals surface area contributed by atoms with E-state index in [1.807, 2.05) is 20.8 Å². The van der Waals surface area contributed by atoms with Gasteiger partial charge in [0, 0.05) is 6.07 Å². The summed E-state index contributed by atoms with van der Waals surface area (Å²) in [4.78, 5) is 28.9. The zero-order valence-electron chi connectivity index (χ0n) is 13.5. The van der Waals surface area contributed by atoms with Crippen molar-refractivity contribution in [2.75, 3.05) is 7.11 Å². The fourth-order valence-electron chi connectivity index (χ4n) is 2.65. The normalized spacial score (nSPS) is 24.2. The molecule has 0 aliphatic carbocycles. The van der Waals surface area contributed by atoms with Crippen LogP contribution in [0.15, 0.2) is 22.8 Å². The predicted molar refractivity (Wildman–Crippen MR) is 82.6 cm³/mol. The van der Waals surface area contributed by atoms with Crippen molar-refractivity contribution in [2.45, 2.75) is 32.5 Å². The summed E-state index contributed by atoms with van der Waals surface area (Å²) in [5.41, 5.74) is 1.06. The van der Waals surface area contributed by atoms with Gasteiger partial charge >= 0.3 is 5.97 Å². The van der Waals surface area contributed by atoms with Gasteiger partial charge < -0.3 is 14.5 Å². The van der Waals surface area contributed by atoms with Crippen molar-refractivity contribution in [2.24, 2.45) is 5.92 Å². The van der Waals surface area contributed by atoms with Gasteiger partial charge in [-0.3, -0.25) is 10.1 Å². The molecule has 1 fully saturated rings. The van der Waals surface area contributed by atoms with Crippen molar-refractivity contribution in [3.05, 3.63) is 29.7 Å². The molecule has 0 spiro atoms. The summed E-state index contributed by atoms with van der Waals surface area (Å²) < 4.78 is 10.1. The lowest BCUT2D eigenvalue weighted by atomic mass is 9.89. The number of carbonyl (C=O) groups excluding carboxylic acids is 2. The van der Waals surface area contributed by atoms with E-state index in [-0.39, 0.29) is 17.4 Å². The third-order valence-corrected chi connectivity index (χ3v) is 4.49. The van der Waals surface area contributed by atoms with E-state index < -0.39 is 17.7 Å². The Morgan fingerprint density at radius 1 is 1.48 bits per heavy atom. The number of nitrogens with zero attached hydrogens (tertiary/aromatic N) is 1. The van der Waals surface area contributed by atoms with Crippen LogP contribution < -0.4 is 10.6 Å². The van der Waals surface area contributed by atoms with E-state index >= 15 is 0 Å². The molecule has 3 rings (SSSR count). The van der Waals surface area contributed by atoms with Crippen LogP contribution >= 0.6 is 0 Å². The second-order valence-corrected chi connectivity index (χ2v) is 6.12. The second-order valence-electron chi connectivity index (χ2n) is 6.12. The minimum Gasteiger partial charge on any atom is -0.465 e. The molecule has 0 aromatic carbocycles. The lowest BCUT2D eigenvalue weighted by molar-refractivity contribution is -0.125. The van der Waals surface area contributed by atoms with Crippen LogP contribution in [0.4, 0.5) is 0 Å². The number of ether oxygens (including phenoxy) is 1. The smallest absolute Gasteiger partial charge is 0.339 e. The largest absolute Gasteiger partial charge is 0.465 e. The average Bonchev–Trinajstić information content (AvgIpc) is 3.10. The summed E-state index contributed by atoms with van der Waals surface area (Å²) in [5.74, 6) is -0.575. The highest BCUT2D eigenvalue weighted by Gasteiger charge is 2.46. The van der Waals surface area contributed by atoms with E-state index in [1.165, 1.54) is 13.4 Å². The Balaban J connectivity index is 2.08. The van der Waals surface area contributed by atoms with Gasteiger partial charge in [-0.1, -0.05) is 13.8 Å². The van der Waals surface area contributed by atoms with Crippen LogP contribution in [-0.4, -0.2) is 29.5 Å². The van der Waals surface area contributed by atoms with Gasteiger partial charge in [-0.2, -0.15) is 0 Å². The molecule has 23 heavy (non-hydrogen) atoms. The fourth-order valence-corrected chi connectivity index (χ4v) is 2.65. The molecule has 1 aliphatic heterocycles. The number of furan rings is 1. The summed E-state index contributed by atoms with van der Waals surface area (Å²) in [7, 11) is 1.30. The van der Waals surface area contributed by atoms with E-state index in [2.05, 4.69) is 15.6 Å². The number of nitrogens with one attached hydrogen (secondary N) is 2. The maximum Gasteiger partial charge on any atom is 0.339 e. The van der Waals surface area contributed by atoms with Gasteiger partial charge in [-0.15, -0.1) is 0 Å². The van der Waals surface area contributed by atoms with Gasteiger partial charge in [0.1, 0.15) is 11.7 Å². The highest BCUT2D eigenvalue weighted by molar-refractivity contribution is 5.95. The maximum absolute atomic E-state index is 12.3. The summed E-state index contributed by atoms with van der Waals surface area (Å²) in [6.45, 7) is 5.76. The summed E-state index contributed by atoms with van der Waals surface area (Å²) in [6, 6.07) is 3.29. The molecule has 0 bridgehead atoms. The monoisotopic (exact) mass is 317 g/mol. The predicted octanol–water partition coefficient (Wildman–Crippen LogP) is 1.75. The third kappa shape index (κ3) is 2.37. The van der Waals surface area contributed by atoms with Gasteiger partial charge in [-0.25, -0.2) is 9.78 Å². The Morgan fingerprint density at radius 2 is 2.22 bits per heavy atom. The Kier molecular flexibility index (Phi) is 3.60. The number of esters is 1. The molecule has 1 amide bonds. The number of hydrogen-bond donors (Lipinski definition) is 2. The number of hydrogen-bond acceptors (Lipinski definition) is 6.